The standard InChI is InChI=1S/C28H29N7/c29-28-31-16-22(35(28)17-20-8-2-1-3-9-20)18-34(19-26-32-23-12-4-5-13-24(23)33-26)25-14-6-10-21-11-7-15-30-27(21)25/h1-5,7-9,11-13,15-16,25H,6,10,14,17-19H2,(H2,29,31)(H,32,33). The third-order valence-corrected chi connectivity index (χ3v) is 6.92. The Hall–Kier alpha value is -3.97. The number of anilines is 1. The molecule has 7 heteroatoms. The minimum absolute atomic E-state index is 0.203. The summed E-state index contributed by atoms with van der Waals surface area (Å²) in [5, 5.41) is 0. The average molecular weight is 464 g/mol. The topological polar surface area (TPSA) is 88.7 Å². The van der Waals surface area contributed by atoms with Crippen molar-refractivity contribution >= 4 is 17.0 Å². The number of nitrogens with one attached hydrogen (secondary N) is 1. The number of hydrogen-bond donors (Lipinski definition) is 2. The molecule has 1 aliphatic rings. The number of H-pyrrole nitrogens is 1. The van der Waals surface area contributed by atoms with Crippen LogP contribution < -0.4 is 5.73 Å². The van der Waals surface area contributed by atoms with Gasteiger partial charge >= 0.3 is 0 Å². The maximum absolute atomic E-state index is 6.33. The molecule has 0 aliphatic heterocycles. The predicted octanol–water partition coefficient (Wildman–Crippen LogP) is 4.86. The molecule has 3 heterocycles. The van der Waals surface area contributed by atoms with E-state index in [9.17, 15) is 0 Å². The van der Waals surface area contributed by atoms with Crippen molar-refractivity contribution in [1.29, 1.82) is 0 Å². The number of fused-ring (bicyclic) bond motifs is 2. The highest BCUT2D eigenvalue weighted by Gasteiger charge is 2.29. The van der Waals surface area contributed by atoms with Gasteiger partial charge in [0.25, 0.3) is 0 Å². The number of aryl methyl sites for hydroxylation is 1. The molecule has 1 atom stereocenters. The van der Waals surface area contributed by atoms with E-state index in [4.69, 9.17) is 15.7 Å². The van der Waals surface area contributed by atoms with Crippen LogP contribution in [-0.2, 0) is 26.1 Å². The van der Waals surface area contributed by atoms with Gasteiger partial charge in [-0.3, -0.25) is 9.88 Å². The van der Waals surface area contributed by atoms with Gasteiger partial charge in [0, 0.05) is 12.7 Å². The van der Waals surface area contributed by atoms with Crippen LogP contribution >= 0.6 is 0 Å². The van der Waals surface area contributed by atoms with Crippen LogP contribution in [0.15, 0.2) is 79.1 Å². The first-order valence-electron chi connectivity index (χ1n) is 12.2. The van der Waals surface area contributed by atoms with Gasteiger partial charge in [0.15, 0.2) is 0 Å². The van der Waals surface area contributed by atoms with Crippen molar-refractivity contribution in [2.24, 2.45) is 0 Å². The lowest BCUT2D eigenvalue weighted by Crippen LogP contribution is -2.32. The first-order chi connectivity index (χ1) is 17.2. The molecule has 0 spiro atoms. The first-order valence-corrected chi connectivity index (χ1v) is 12.2. The number of nitrogens with two attached hydrogens (primary N) is 1. The Morgan fingerprint density at radius 2 is 1.83 bits per heavy atom. The zero-order valence-corrected chi connectivity index (χ0v) is 19.6. The number of aromatic amines is 1. The fourth-order valence-corrected chi connectivity index (χ4v) is 5.20. The van der Waals surface area contributed by atoms with Crippen LogP contribution in [0.4, 0.5) is 5.95 Å². The Morgan fingerprint density at radius 3 is 2.71 bits per heavy atom. The van der Waals surface area contributed by atoms with E-state index < -0.39 is 0 Å². The third kappa shape index (κ3) is 4.42. The molecule has 6 rings (SSSR count). The number of para-hydroxylation sites is 2. The van der Waals surface area contributed by atoms with E-state index in [0.29, 0.717) is 25.6 Å². The fraction of sp³-hybridized carbons (Fsp3) is 0.250. The van der Waals surface area contributed by atoms with E-state index in [1.807, 2.05) is 42.7 Å². The quantitative estimate of drug-likeness (QED) is 0.360. The highest BCUT2D eigenvalue weighted by molar-refractivity contribution is 5.74. The molecule has 3 N–H and O–H groups in total. The van der Waals surface area contributed by atoms with Gasteiger partial charge in [0.05, 0.1) is 47.7 Å². The molecule has 3 aromatic heterocycles. The van der Waals surface area contributed by atoms with Crippen LogP contribution in [0, 0.1) is 0 Å². The summed E-state index contributed by atoms with van der Waals surface area (Å²) in [6, 6.07) is 23.0. The van der Waals surface area contributed by atoms with Crippen molar-refractivity contribution in [3.05, 3.63) is 107 Å². The smallest absolute Gasteiger partial charge is 0.200 e. The maximum atomic E-state index is 6.33. The summed E-state index contributed by atoms with van der Waals surface area (Å²) in [6.07, 6.45) is 7.11. The molecule has 35 heavy (non-hydrogen) atoms. The molecular formula is C28H29N7. The van der Waals surface area contributed by atoms with Gasteiger partial charge in [0.2, 0.25) is 5.95 Å². The highest BCUT2D eigenvalue weighted by atomic mass is 15.2. The van der Waals surface area contributed by atoms with Gasteiger partial charge in [-0.15, -0.1) is 0 Å². The zero-order chi connectivity index (χ0) is 23.6. The Kier molecular flexibility index (Phi) is 5.76. The zero-order valence-electron chi connectivity index (χ0n) is 19.6. The number of aromatic nitrogens is 5. The van der Waals surface area contributed by atoms with Gasteiger partial charge in [-0.05, 0) is 48.6 Å². The monoisotopic (exact) mass is 463 g/mol. The second-order valence-corrected chi connectivity index (χ2v) is 9.24. The summed E-state index contributed by atoms with van der Waals surface area (Å²) in [5.74, 6) is 1.49. The number of imidazole rings is 2. The van der Waals surface area contributed by atoms with Crippen LogP contribution in [-0.4, -0.2) is 29.4 Å². The Balaban J connectivity index is 1.36. The van der Waals surface area contributed by atoms with Crippen LogP contribution in [0.5, 0.6) is 0 Å². The van der Waals surface area contributed by atoms with E-state index in [-0.39, 0.29) is 6.04 Å². The lowest BCUT2D eigenvalue weighted by molar-refractivity contribution is 0.150. The minimum Gasteiger partial charge on any atom is -0.369 e. The number of rotatable bonds is 7. The van der Waals surface area contributed by atoms with E-state index in [2.05, 4.69) is 55.8 Å². The maximum Gasteiger partial charge on any atom is 0.200 e. The van der Waals surface area contributed by atoms with Crippen molar-refractivity contribution < 1.29 is 0 Å². The molecule has 1 unspecified atom stereocenters. The molecule has 2 aromatic carbocycles. The molecule has 1 aliphatic carbocycles. The molecular weight excluding hydrogens is 434 g/mol. The summed E-state index contributed by atoms with van der Waals surface area (Å²) in [5.41, 5.74) is 13.2. The Labute approximate surface area is 204 Å². The first kappa shape index (κ1) is 21.6. The highest BCUT2D eigenvalue weighted by Crippen LogP contribution is 2.35. The molecule has 0 saturated heterocycles. The average Bonchev–Trinajstić information content (AvgIpc) is 3.46. The van der Waals surface area contributed by atoms with E-state index in [1.54, 1.807) is 0 Å². The van der Waals surface area contributed by atoms with Gasteiger partial charge in [0.1, 0.15) is 5.82 Å². The molecule has 0 radical (unpaired) electrons. The number of nitrogen functional groups attached to an aromatic ring is 1. The van der Waals surface area contributed by atoms with Crippen LogP contribution in [0.25, 0.3) is 11.0 Å². The van der Waals surface area contributed by atoms with E-state index >= 15 is 0 Å². The van der Waals surface area contributed by atoms with E-state index in [1.165, 1.54) is 16.8 Å². The molecule has 5 aromatic rings. The summed E-state index contributed by atoms with van der Waals surface area (Å²) in [6.45, 7) is 2.08. The summed E-state index contributed by atoms with van der Waals surface area (Å²) >= 11 is 0. The second kappa shape index (κ2) is 9.35. The van der Waals surface area contributed by atoms with Crippen LogP contribution in [0.3, 0.4) is 0 Å². The van der Waals surface area contributed by atoms with Crippen molar-refractivity contribution in [2.45, 2.75) is 44.9 Å². The normalized spacial score (nSPS) is 15.5. The third-order valence-electron chi connectivity index (χ3n) is 6.92. The van der Waals surface area contributed by atoms with Crippen molar-refractivity contribution in [1.82, 2.24) is 29.4 Å². The lowest BCUT2D eigenvalue weighted by atomic mass is 9.90. The van der Waals surface area contributed by atoms with Gasteiger partial charge < -0.3 is 15.3 Å². The summed E-state index contributed by atoms with van der Waals surface area (Å²) in [4.78, 5) is 20.2. The number of benzene rings is 2. The van der Waals surface area contributed by atoms with Gasteiger partial charge in [-0.1, -0.05) is 48.5 Å². The summed E-state index contributed by atoms with van der Waals surface area (Å²) < 4.78 is 2.11. The SMILES string of the molecule is Nc1ncc(CN(Cc2nc3ccccc3[nH]2)C2CCCc3cccnc32)n1Cc1ccccc1. The lowest BCUT2D eigenvalue weighted by Gasteiger charge is -2.34. The Bertz CT molecular complexity index is 1400. The molecule has 176 valence electrons. The second-order valence-electron chi connectivity index (χ2n) is 9.24. The largest absolute Gasteiger partial charge is 0.369 e. The molecule has 7 nitrogen and oxygen atoms in total. The number of hydrogen-bond acceptors (Lipinski definition) is 5. The molecule has 0 fully saturated rings. The molecule has 0 bridgehead atoms. The van der Waals surface area contributed by atoms with Crippen molar-refractivity contribution in [3.8, 4) is 0 Å². The predicted molar refractivity (Wildman–Crippen MR) is 137 cm³/mol. The van der Waals surface area contributed by atoms with Crippen LogP contribution in [0.2, 0.25) is 0 Å². The van der Waals surface area contributed by atoms with Crippen LogP contribution in [0.1, 0.15) is 47.2 Å². The molecule has 0 saturated carbocycles. The summed E-state index contributed by atoms with van der Waals surface area (Å²) in [7, 11) is 0. The Morgan fingerprint density at radius 1 is 0.971 bits per heavy atom. The van der Waals surface area contributed by atoms with Crippen molar-refractivity contribution in [3.63, 3.8) is 0 Å². The van der Waals surface area contributed by atoms with E-state index in [0.717, 1.165) is 41.8 Å². The minimum atomic E-state index is 0.203. The molecule has 0 amide bonds. The van der Waals surface area contributed by atoms with Crippen molar-refractivity contribution in [2.75, 3.05) is 5.73 Å². The number of nitrogens with zero attached hydrogens (tertiary/aromatic N) is 5. The van der Waals surface area contributed by atoms with Gasteiger partial charge in [-0.25, -0.2) is 9.97 Å². The number of pyridine rings is 1. The fourth-order valence-electron chi connectivity index (χ4n) is 5.20. The van der Waals surface area contributed by atoms with Gasteiger partial charge in [-0.2, -0.15) is 0 Å².